The number of halogens is 3. The van der Waals surface area contributed by atoms with Gasteiger partial charge in [0.15, 0.2) is 0 Å². The fourth-order valence-corrected chi connectivity index (χ4v) is 9.84. The number of esters is 4. The van der Waals surface area contributed by atoms with E-state index in [0.717, 1.165) is 24.5 Å². The van der Waals surface area contributed by atoms with Gasteiger partial charge in [-0.25, -0.2) is 0 Å². The molecule has 468 valence electrons. The van der Waals surface area contributed by atoms with Crippen LogP contribution in [0.5, 0.6) is 5.75 Å². The first-order chi connectivity index (χ1) is 39.7. The molecule has 0 radical (unpaired) electrons. The van der Waals surface area contributed by atoms with Gasteiger partial charge in [0.2, 0.25) is 5.91 Å². The van der Waals surface area contributed by atoms with Crippen molar-refractivity contribution in [3.63, 3.8) is 0 Å². The van der Waals surface area contributed by atoms with E-state index in [1.54, 1.807) is 89.2 Å². The number of benzene rings is 2. The lowest BCUT2D eigenvalue weighted by atomic mass is 9.97. The van der Waals surface area contributed by atoms with Crippen LogP contribution in [0.25, 0.3) is 23.3 Å². The van der Waals surface area contributed by atoms with Gasteiger partial charge in [-0.3, -0.25) is 53.5 Å². The van der Waals surface area contributed by atoms with Crippen molar-refractivity contribution in [2.24, 2.45) is 0 Å². The minimum Gasteiger partial charge on any atom is -0.493 e. The molecule has 2 aliphatic heterocycles. The van der Waals surface area contributed by atoms with E-state index in [1.807, 2.05) is 54.8 Å². The first-order valence-corrected chi connectivity index (χ1v) is 29.5. The summed E-state index contributed by atoms with van der Waals surface area (Å²) < 4.78 is 74.7. The van der Waals surface area contributed by atoms with Gasteiger partial charge in [0.1, 0.15) is 40.3 Å². The van der Waals surface area contributed by atoms with Crippen LogP contribution < -0.4 is 10.1 Å². The average Bonchev–Trinajstić information content (AvgIpc) is 2.49. The van der Waals surface area contributed by atoms with E-state index in [4.69, 9.17) is 23.7 Å². The Morgan fingerprint density at radius 3 is 1.64 bits per heavy atom. The van der Waals surface area contributed by atoms with Crippen LogP contribution in [-0.2, 0) is 55.6 Å². The molecule has 3 heterocycles. The quantitative estimate of drug-likeness (QED) is 0.0638. The minimum absolute atomic E-state index is 0.00290. The molecule has 2 aliphatic rings. The zero-order valence-corrected chi connectivity index (χ0v) is 52.1. The number of unbranched alkanes of at least 4 members (excludes halogenated alkanes) is 1. The number of aromatic nitrogens is 1. The Morgan fingerprint density at radius 1 is 0.647 bits per heavy atom. The van der Waals surface area contributed by atoms with Crippen LogP contribution >= 0.6 is 0 Å². The van der Waals surface area contributed by atoms with Crippen molar-refractivity contribution in [1.82, 2.24) is 34.8 Å². The number of nitrogens with one attached hydrogen (secondary N) is 1. The van der Waals surface area contributed by atoms with Crippen molar-refractivity contribution in [2.45, 2.75) is 156 Å². The number of likely N-dealkylation sites (tertiary alicyclic amines) is 1. The van der Waals surface area contributed by atoms with Crippen molar-refractivity contribution in [1.29, 1.82) is 5.26 Å². The Kier molecular flexibility index (Phi) is 25.5. The maximum Gasteiger partial charge on any atom is 0.417 e. The van der Waals surface area contributed by atoms with Gasteiger partial charge in [-0.15, -0.1) is 0 Å². The van der Waals surface area contributed by atoms with Crippen molar-refractivity contribution in [3.05, 3.63) is 82.7 Å². The Morgan fingerprint density at radius 2 is 1.15 bits per heavy atom. The van der Waals surface area contributed by atoms with Crippen molar-refractivity contribution < 1.29 is 60.8 Å². The first kappa shape index (κ1) is 69.3. The Labute approximate surface area is 501 Å². The lowest BCUT2D eigenvalue weighted by Crippen LogP contribution is -2.50. The van der Waals surface area contributed by atoms with Gasteiger partial charge in [-0.05, 0) is 151 Å². The molecule has 0 unspecified atom stereocenters. The van der Waals surface area contributed by atoms with Crippen molar-refractivity contribution >= 4 is 41.9 Å². The molecule has 1 amide bonds. The number of hydrogen-bond donors (Lipinski definition) is 1. The van der Waals surface area contributed by atoms with Crippen LogP contribution in [0.15, 0.2) is 54.7 Å². The summed E-state index contributed by atoms with van der Waals surface area (Å²) in [6, 6.07) is 14.8. The Hall–Kier alpha value is -6.44. The summed E-state index contributed by atoms with van der Waals surface area (Å²) in [7, 11) is 0. The highest BCUT2D eigenvalue weighted by Crippen LogP contribution is 2.39. The zero-order valence-electron chi connectivity index (χ0n) is 52.1. The summed E-state index contributed by atoms with van der Waals surface area (Å²) >= 11 is 0. The number of pyridine rings is 1. The molecule has 0 saturated carbocycles. The largest absolute Gasteiger partial charge is 0.493 e. The molecule has 85 heavy (non-hydrogen) atoms. The van der Waals surface area contributed by atoms with Gasteiger partial charge < -0.3 is 29.0 Å². The van der Waals surface area contributed by atoms with E-state index in [1.165, 1.54) is 24.4 Å². The molecular weight excluding hydrogens is 1100 g/mol. The Bertz CT molecular complexity index is 2730. The lowest BCUT2D eigenvalue weighted by Gasteiger charge is -2.36. The van der Waals surface area contributed by atoms with Crippen LogP contribution in [0.4, 0.5) is 13.2 Å². The molecule has 1 N–H and O–H groups in total. The highest BCUT2D eigenvalue weighted by molar-refractivity contribution is 5.80. The topological polar surface area (TPSA) is 196 Å². The van der Waals surface area contributed by atoms with Crippen molar-refractivity contribution in [2.75, 3.05) is 98.2 Å². The number of carbonyl (C=O) groups excluding carboxylic acids is 5. The molecule has 2 saturated heterocycles. The third-order valence-electron chi connectivity index (χ3n) is 13.6. The number of ether oxygens (including phenoxy) is 5. The second-order valence-corrected chi connectivity index (χ2v) is 25.8. The molecule has 2 fully saturated rings. The highest BCUT2D eigenvalue weighted by atomic mass is 19.4. The van der Waals surface area contributed by atoms with E-state index in [0.29, 0.717) is 83.7 Å². The summed E-state index contributed by atoms with van der Waals surface area (Å²) in [5.74, 6) is -1.75. The van der Waals surface area contributed by atoms with Crippen LogP contribution in [0.1, 0.15) is 143 Å². The van der Waals surface area contributed by atoms with Crippen molar-refractivity contribution in [3.8, 4) is 22.9 Å². The molecule has 18 nitrogen and oxygen atoms in total. The summed E-state index contributed by atoms with van der Waals surface area (Å²) in [5.41, 5.74) is -2.08. The summed E-state index contributed by atoms with van der Waals surface area (Å²) in [4.78, 5) is 80.9. The lowest BCUT2D eigenvalue weighted by molar-refractivity contribution is -0.163. The van der Waals surface area contributed by atoms with E-state index in [2.05, 4.69) is 16.4 Å². The maximum atomic E-state index is 15.2. The number of hydrogen-bond acceptors (Lipinski definition) is 17. The van der Waals surface area contributed by atoms with Crippen LogP contribution in [0.3, 0.4) is 0 Å². The molecule has 3 aromatic rings. The monoisotopic (exact) mass is 1190 g/mol. The third-order valence-corrected chi connectivity index (χ3v) is 13.6. The minimum atomic E-state index is -4.80. The number of rotatable bonds is 20. The smallest absolute Gasteiger partial charge is 0.417 e. The molecule has 0 bridgehead atoms. The molecule has 1 atom stereocenters. The highest BCUT2D eigenvalue weighted by Gasteiger charge is 2.37. The molecule has 21 heteroatoms. The number of nitriles is 1. The number of nitrogens with zero attached hydrogens (tertiary/aromatic N) is 7. The van der Waals surface area contributed by atoms with E-state index in [9.17, 15) is 29.2 Å². The molecule has 0 spiro atoms. The van der Waals surface area contributed by atoms with E-state index in [-0.39, 0.29) is 79.9 Å². The second kappa shape index (κ2) is 31.3. The second-order valence-electron chi connectivity index (χ2n) is 25.8. The van der Waals surface area contributed by atoms with Crippen LogP contribution in [-0.4, -0.2) is 186 Å². The fourth-order valence-electron chi connectivity index (χ4n) is 9.84. The summed E-state index contributed by atoms with van der Waals surface area (Å²) in [6.45, 7) is 25.3. The van der Waals surface area contributed by atoms with Gasteiger partial charge in [-0.2, -0.15) is 18.4 Å². The fraction of sp³-hybridized carbons (Fsp3) is 0.609. The van der Waals surface area contributed by atoms with E-state index >= 15 is 13.2 Å². The van der Waals surface area contributed by atoms with Gasteiger partial charge in [0, 0.05) is 82.8 Å². The van der Waals surface area contributed by atoms with Gasteiger partial charge in [-0.1, -0.05) is 42.8 Å². The van der Waals surface area contributed by atoms with Gasteiger partial charge in [0.05, 0.1) is 49.6 Å². The third kappa shape index (κ3) is 25.2. The number of alkyl halides is 3. The average molecular weight is 1190 g/mol. The van der Waals surface area contributed by atoms with Gasteiger partial charge in [0.25, 0.3) is 0 Å². The molecule has 5 rings (SSSR count). The Balaban J connectivity index is 1.34. The maximum absolute atomic E-state index is 15.2. The predicted molar refractivity (Wildman–Crippen MR) is 320 cm³/mol. The predicted octanol–water partition coefficient (Wildman–Crippen LogP) is 9.03. The SMILES string of the molecule is CC(C)(C)OC(=O)CN1CCN(CC(=O)NCCCCOc2cc(/C=C/c3nccc(-c4ccccc4)c3C#N)c(C(F)(F)F)cc2CN2CCCC[C@H]2C(=O)OC(C)(C)C)CCN(CC(=O)OC(C)(C)C)CCN(CC(=O)OC(C)(C)C)CC1. The standard InChI is InChI=1S/C64H91F3N8O10/c1-60(2,3)82-56(77)43-72-31-29-71(30-32-73(44-57(78)83-61(4,5)6)34-36-74(35-33-72)45-58(79)84-62(7,8)9)42-55(76)70-26-17-19-37-81-54-39-47(23-24-52-50(40-68)49(25-27-69-52)46-20-14-13-15-21-46)51(64(65,66)67)38-48(54)41-75-28-18-16-22-53(75)59(80)85-63(10,11)12/h13-15,20-21,23-25,27,38-39,53H,16-19,22,26,28-37,41-45H2,1-12H3,(H,70,76)/b24-23+/t53-/m0/s1. The zero-order chi connectivity index (χ0) is 62.8. The summed E-state index contributed by atoms with van der Waals surface area (Å²) in [6.07, 6.45) is 2.22. The first-order valence-electron chi connectivity index (χ1n) is 29.5. The van der Waals surface area contributed by atoms with Crippen LogP contribution in [0, 0.1) is 11.3 Å². The number of amides is 1. The number of piperidine rings is 1. The van der Waals surface area contributed by atoms with Crippen LogP contribution in [0.2, 0.25) is 0 Å². The van der Waals surface area contributed by atoms with Gasteiger partial charge >= 0.3 is 30.1 Å². The normalized spacial score (nSPS) is 17.3. The number of carbonyl (C=O) groups is 5. The molecule has 0 aliphatic carbocycles. The molecule has 1 aromatic heterocycles. The molecular formula is C64H91F3N8O10. The van der Waals surface area contributed by atoms with E-state index < -0.39 is 64.1 Å². The molecule has 2 aromatic carbocycles. The summed E-state index contributed by atoms with van der Waals surface area (Å²) in [5, 5.41) is 13.3.